The number of amides is 1. The first-order valence-electron chi connectivity index (χ1n) is 9.35. The number of hydrogen-bond donors (Lipinski definition) is 3. The van der Waals surface area contributed by atoms with Crippen LogP contribution in [0.15, 0.2) is 36.7 Å². The number of hydrogen-bond acceptors (Lipinski definition) is 6. The fourth-order valence-electron chi connectivity index (χ4n) is 3.32. The van der Waals surface area contributed by atoms with Crippen molar-refractivity contribution < 1.29 is 9.53 Å². The van der Waals surface area contributed by atoms with Gasteiger partial charge >= 0.3 is 0 Å². The number of benzene rings is 1. The molecule has 27 heavy (non-hydrogen) atoms. The molecule has 0 unspecified atom stereocenters. The number of primary amides is 1. The van der Waals surface area contributed by atoms with Crippen LogP contribution >= 0.6 is 0 Å². The summed E-state index contributed by atoms with van der Waals surface area (Å²) in [5.74, 6) is 1.56. The van der Waals surface area contributed by atoms with Crippen LogP contribution in [0.2, 0.25) is 0 Å². The smallest absolute Gasteiger partial charge is 0.248 e. The third kappa shape index (κ3) is 5.17. The van der Waals surface area contributed by atoms with Gasteiger partial charge in [-0.1, -0.05) is 26.0 Å². The first kappa shape index (κ1) is 19.1. The predicted octanol–water partition coefficient (Wildman–Crippen LogP) is 2.80. The van der Waals surface area contributed by atoms with Crippen molar-refractivity contribution in [2.24, 2.45) is 11.7 Å². The Bertz CT molecular complexity index is 763. The molecule has 0 saturated carbocycles. The minimum atomic E-state index is -0.424. The number of carbonyl (C=O) groups excluding carboxylic acids is 1. The minimum Gasteiger partial charge on any atom is -0.376 e. The molecule has 0 radical (unpaired) electrons. The molecule has 0 bridgehead atoms. The number of anilines is 2. The van der Waals surface area contributed by atoms with Gasteiger partial charge in [0.15, 0.2) is 0 Å². The summed E-state index contributed by atoms with van der Waals surface area (Å²) in [4.78, 5) is 19.8. The van der Waals surface area contributed by atoms with E-state index >= 15 is 0 Å². The van der Waals surface area contributed by atoms with Crippen molar-refractivity contribution in [2.45, 2.75) is 45.4 Å². The highest BCUT2D eigenvalue weighted by Gasteiger charge is 2.28. The molecule has 7 heteroatoms. The standard InChI is InChI=1S/C20H27N5O2/c1-13(2)19-16(4-3-9-27-19)25-18-10-17(23-12-24-18)22-11-14-5-7-15(8-6-14)20(21)26/h5-8,10,12-13,16,19H,3-4,9,11H2,1-2H3,(H2,21,26)(H2,22,23,24,25)/t16-,19+/m1/s1. The van der Waals surface area contributed by atoms with Crippen molar-refractivity contribution in [3.05, 3.63) is 47.8 Å². The van der Waals surface area contributed by atoms with E-state index in [-0.39, 0.29) is 12.1 Å². The molecule has 0 spiro atoms. The van der Waals surface area contributed by atoms with Crippen LogP contribution in [0.4, 0.5) is 11.6 Å². The maximum Gasteiger partial charge on any atom is 0.248 e. The Balaban J connectivity index is 1.60. The zero-order valence-electron chi connectivity index (χ0n) is 15.8. The SMILES string of the molecule is CC(C)[C@@H]1OCCC[C@H]1Nc1cc(NCc2ccc(C(N)=O)cc2)ncn1. The molecule has 3 rings (SSSR count). The summed E-state index contributed by atoms with van der Waals surface area (Å²) in [6.45, 7) is 5.78. The molecule has 1 aliphatic rings. The second kappa shape index (κ2) is 8.81. The predicted molar refractivity (Wildman–Crippen MR) is 106 cm³/mol. The zero-order valence-corrected chi connectivity index (χ0v) is 15.8. The molecule has 1 aromatic carbocycles. The van der Waals surface area contributed by atoms with E-state index in [4.69, 9.17) is 10.5 Å². The van der Waals surface area contributed by atoms with Crippen LogP contribution in [-0.4, -0.2) is 34.6 Å². The lowest BCUT2D eigenvalue weighted by atomic mass is 9.94. The van der Waals surface area contributed by atoms with Crippen molar-refractivity contribution in [1.29, 1.82) is 0 Å². The Morgan fingerprint density at radius 1 is 1.26 bits per heavy atom. The Morgan fingerprint density at radius 2 is 2.00 bits per heavy atom. The second-order valence-electron chi connectivity index (χ2n) is 7.18. The van der Waals surface area contributed by atoms with Crippen molar-refractivity contribution >= 4 is 17.5 Å². The molecule has 4 N–H and O–H groups in total. The molecule has 2 atom stereocenters. The van der Waals surface area contributed by atoms with Gasteiger partial charge in [-0.3, -0.25) is 4.79 Å². The molecule has 1 fully saturated rings. The van der Waals surface area contributed by atoms with Crippen LogP contribution in [0.25, 0.3) is 0 Å². The van der Waals surface area contributed by atoms with Gasteiger partial charge in [-0.05, 0) is 36.5 Å². The highest BCUT2D eigenvalue weighted by molar-refractivity contribution is 5.92. The van der Waals surface area contributed by atoms with E-state index in [9.17, 15) is 4.79 Å². The molecule has 1 aliphatic heterocycles. The zero-order chi connectivity index (χ0) is 19.2. The van der Waals surface area contributed by atoms with Gasteiger partial charge in [0.25, 0.3) is 0 Å². The summed E-state index contributed by atoms with van der Waals surface area (Å²) in [5.41, 5.74) is 6.80. The van der Waals surface area contributed by atoms with Crippen LogP contribution in [0.5, 0.6) is 0 Å². The summed E-state index contributed by atoms with van der Waals surface area (Å²) < 4.78 is 5.93. The van der Waals surface area contributed by atoms with Crippen LogP contribution in [0, 0.1) is 5.92 Å². The Kier molecular flexibility index (Phi) is 6.24. The molecule has 2 aromatic rings. The lowest BCUT2D eigenvalue weighted by Gasteiger charge is -2.35. The van der Waals surface area contributed by atoms with Gasteiger partial charge in [0.05, 0.1) is 12.1 Å². The number of rotatable bonds is 7. The van der Waals surface area contributed by atoms with Gasteiger partial charge in [0.2, 0.25) is 5.91 Å². The van der Waals surface area contributed by atoms with E-state index < -0.39 is 5.91 Å². The van der Waals surface area contributed by atoms with Crippen LogP contribution in [0.3, 0.4) is 0 Å². The highest BCUT2D eigenvalue weighted by atomic mass is 16.5. The summed E-state index contributed by atoms with van der Waals surface area (Å²) >= 11 is 0. The van der Waals surface area contributed by atoms with E-state index in [1.807, 2.05) is 18.2 Å². The number of nitrogens with two attached hydrogens (primary N) is 1. The summed E-state index contributed by atoms with van der Waals surface area (Å²) in [6, 6.07) is 9.36. The average molecular weight is 369 g/mol. The van der Waals surface area contributed by atoms with Gasteiger partial charge in [-0.25, -0.2) is 9.97 Å². The quantitative estimate of drug-likeness (QED) is 0.694. The number of aromatic nitrogens is 2. The van der Waals surface area contributed by atoms with Crippen LogP contribution < -0.4 is 16.4 Å². The summed E-state index contributed by atoms with van der Waals surface area (Å²) in [6.07, 6.45) is 3.86. The molecule has 2 heterocycles. The molecular formula is C20H27N5O2. The molecule has 0 aliphatic carbocycles. The van der Waals surface area contributed by atoms with Crippen LogP contribution in [-0.2, 0) is 11.3 Å². The van der Waals surface area contributed by atoms with E-state index in [1.54, 1.807) is 18.5 Å². The normalized spacial score (nSPS) is 19.7. The minimum absolute atomic E-state index is 0.189. The molecule has 1 aromatic heterocycles. The Labute approximate surface area is 159 Å². The monoisotopic (exact) mass is 369 g/mol. The van der Waals surface area contributed by atoms with Crippen molar-refractivity contribution in [3.8, 4) is 0 Å². The molecule has 1 amide bonds. The van der Waals surface area contributed by atoms with Crippen molar-refractivity contribution in [1.82, 2.24) is 9.97 Å². The Morgan fingerprint density at radius 3 is 2.70 bits per heavy atom. The van der Waals surface area contributed by atoms with Crippen LogP contribution in [0.1, 0.15) is 42.6 Å². The maximum atomic E-state index is 11.1. The lowest BCUT2D eigenvalue weighted by molar-refractivity contribution is -0.0203. The molecule has 144 valence electrons. The highest BCUT2D eigenvalue weighted by Crippen LogP contribution is 2.24. The number of ether oxygens (including phenoxy) is 1. The third-order valence-electron chi connectivity index (χ3n) is 4.74. The average Bonchev–Trinajstić information content (AvgIpc) is 2.67. The van der Waals surface area contributed by atoms with E-state index in [0.29, 0.717) is 18.0 Å². The number of nitrogens with one attached hydrogen (secondary N) is 2. The summed E-state index contributed by atoms with van der Waals surface area (Å²) in [7, 11) is 0. The van der Waals surface area contributed by atoms with Gasteiger partial charge in [-0.15, -0.1) is 0 Å². The topological polar surface area (TPSA) is 102 Å². The number of nitrogens with zero attached hydrogens (tertiary/aromatic N) is 2. The van der Waals surface area contributed by atoms with Crippen molar-refractivity contribution in [2.75, 3.05) is 17.2 Å². The fraction of sp³-hybridized carbons (Fsp3) is 0.450. The van der Waals surface area contributed by atoms with Crippen molar-refractivity contribution in [3.63, 3.8) is 0 Å². The lowest BCUT2D eigenvalue weighted by Crippen LogP contribution is -2.43. The molecular weight excluding hydrogens is 342 g/mol. The largest absolute Gasteiger partial charge is 0.376 e. The van der Waals surface area contributed by atoms with Gasteiger partial charge in [0.1, 0.15) is 18.0 Å². The Hall–Kier alpha value is -2.67. The van der Waals surface area contributed by atoms with E-state index in [0.717, 1.165) is 36.6 Å². The van der Waals surface area contributed by atoms with Gasteiger partial charge < -0.3 is 21.1 Å². The van der Waals surface area contributed by atoms with E-state index in [1.165, 1.54) is 0 Å². The third-order valence-corrected chi connectivity index (χ3v) is 4.74. The van der Waals surface area contributed by atoms with Gasteiger partial charge in [0, 0.05) is 24.8 Å². The summed E-state index contributed by atoms with van der Waals surface area (Å²) in [5, 5.41) is 6.79. The first-order chi connectivity index (χ1) is 13.0. The van der Waals surface area contributed by atoms with E-state index in [2.05, 4.69) is 34.4 Å². The van der Waals surface area contributed by atoms with Gasteiger partial charge in [-0.2, -0.15) is 0 Å². The fourth-order valence-corrected chi connectivity index (χ4v) is 3.32. The maximum absolute atomic E-state index is 11.1. The molecule has 1 saturated heterocycles. The first-order valence-corrected chi connectivity index (χ1v) is 9.35. The number of carbonyl (C=O) groups is 1. The second-order valence-corrected chi connectivity index (χ2v) is 7.18. The molecule has 7 nitrogen and oxygen atoms in total.